The van der Waals surface area contributed by atoms with E-state index in [4.69, 9.17) is 5.73 Å². The molecule has 0 spiro atoms. The molecule has 1 aromatic heterocycles. The Kier molecular flexibility index (Phi) is 6.26. The molecular formula is C14H17ClFN3OS. The third kappa shape index (κ3) is 4.77. The number of carbonyl (C=O) groups is 1. The molecule has 0 aliphatic heterocycles. The van der Waals surface area contributed by atoms with E-state index < -0.39 is 6.04 Å². The summed E-state index contributed by atoms with van der Waals surface area (Å²) in [4.78, 5) is 16.9. The van der Waals surface area contributed by atoms with Crippen molar-refractivity contribution in [1.82, 2.24) is 4.98 Å². The number of hydrogen-bond donors (Lipinski definition) is 2. The molecule has 0 fully saturated rings. The summed E-state index contributed by atoms with van der Waals surface area (Å²) < 4.78 is 12.9. The fourth-order valence-corrected chi connectivity index (χ4v) is 2.65. The minimum atomic E-state index is -0.570. The fourth-order valence-electron chi connectivity index (χ4n) is 1.65. The predicted octanol–water partition coefficient (Wildman–Crippen LogP) is 2.89. The topological polar surface area (TPSA) is 68.0 Å². The lowest BCUT2D eigenvalue weighted by atomic mass is 10.1. The normalized spacial score (nSPS) is 11.6. The van der Waals surface area contributed by atoms with Crippen LogP contribution in [0.2, 0.25) is 0 Å². The van der Waals surface area contributed by atoms with E-state index in [0.29, 0.717) is 11.6 Å². The highest BCUT2D eigenvalue weighted by molar-refractivity contribution is 7.15. The van der Waals surface area contributed by atoms with E-state index in [1.807, 2.05) is 6.92 Å². The SMILES string of the molecule is Cc1nc(NC(=O)[C@@H](C)N)sc1Cc1ccc(F)cc1.Cl. The van der Waals surface area contributed by atoms with Crippen LogP contribution in [0.5, 0.6) is 0 Å². The molecule has 0 unspecified atom stereocenters. The van der Waals surface area contributed by atoms with E-state index in [9.17, 15) is 9.18 Å². The first-order valence-electron chi connectivity index (χ1n) is 6.23. The number of aromatic nitrogens is 1. The molecule has 1 aromatic carbocycles. The zero-order valence-electron chi connectivity index (χ0n) is 11.7. The molecule has 1 heterocycles. The van der Waals surface area contributed by atoms with Gasteiger partial charge in [0, 0.05) is 11.3 Å². The number of nitrogens with one attached hydrogen (secondary N) is 1. The van der Waals surface area contributed by atoms with Crippen molar-refractivity contribution in [3.8, 4) is 0 Å². The highest BCUT2D eigenvalue weighted by Crippen LogP contribution is 2.25. The van der Waals surface area contributed by atoms with Crippen LogP contribution in [0, 0.1) is 12.7 Å². The maximum atomic E-state index is 12.9. The van der Waals surface area contributed by atoms with Crippen molar-refractivity contribution in [1.29, 1.82) is 0 Å². The van der Waals surface area contributed by atoms with Crippen molar-refractivity contribution in [3.05, 3.63) is 46.2 Å². The molecule has 0 aliphatic rings. The second kappa shape index (κ2) is 7.49. The quantitative estimate of drug-likeness (QED) is 0.906. The molecule has 0 saturated carbocycles. The van der Waals surface area contributed by atoms with Gasteiger partial charge in [0.05, 0.1) is 11.7 Å². The summed E-state index contributed by atoms with van der Waals surface area (Å²) in [6.07, 6.45) is 0.665. The van der Waals surface area contributed by atoms with Gasteiger partial charge in [0.2, 0.25) is 5.91 Å². The standard InChI is InChI=1S/C14H16FN3OS.ClH/c1-8(16)13(19)18-14-17-9(2)12(20-14)7-10-3-5-11(15)6-4-10;/h3-6,8H,7,16H2,1-2H3,(H,17,18,19);1H/t8-;/m1./s1. The van der Waals surface area contributed by atoms with Crippen LogP contribution in [0.25, 0.3) is 0 Å². The van der Waals surface area contributed by atoms with Crippen molar-refractivity contribution in [2.24, 2.45) is 5.73 Å². The Hall–Kier alpha value is -1.50. The lowest BCUT2D eigenvalue weighted by molar-refractivity contribution is -0.117. The lowest BCUT2D eigenvalue weighted by Gasteiger charge is -2.03. The Balaban J connectivity index is 0.00000220. The fraction of sp³-hybridized carbons (Fsp3) is 0.286. The van der Waals surface area contributed by atoms with Gasteiger partial charge in [-0.1, -0.05) is 12.1 Å². The first-order valence-corrected chi connectivity index (χ1v) is 7.04. The van der Waals surface area contributed by atoms with Crippen molar-refractivity contribution in [3.63, 3.8) is 0 Å². The summed E-state index contributed by atoms with van der Waals surface area (Å²) >= 11 is 1.41. The molecule has 2 rings (SSSR count). The van der Waals surface area contributed by atoms with E-state index in [-0.39, 0.29) is 24.1 Å². The molecular weight excluding hydrogens is 313 g/mol. The lowest BCUT2D eigenvalue weighted by Crippen LogP contribution is -2.32. The largest absolute Gasteiger partial charge is 0.320 e. The minimum absolute atomic E-state index is 0. The number of thiazole rings is 1. The van der Waals surface area contributed by atoms with Gasteiger partial charge in [0.25, 0.3) is 0 Å². The van der Waals surface area contributed by atoms with Crippen LogP contribution in [-0.4, -0.2) is 16.9 Å². The van der Waals surface area contributed by atoms with Gasteiger partial charge in [-0.25, -0.2) is 9.37 Å². The Morgan fingerprint density at radius 3 is 2.62 bits per heavy atom. The molecule has 4 nitrogen and oxygen atoms in total. The molecule has 114 valence electrons. The van der Waals surface area contributed by atoms with E-state index >= 15 is 0 Å². The average molecular weight is 330 g/mol. The van der Waals surface area contributed by atoms with Crippen LogP contribution in [0.4, 0.5) is 9.52 Å². The Bertz CT molecular complexity index is 613. The number of halogens is 2. The van der Waals surface area contributed by atoms with Gasteiger partial charge in [-0.2, -0.15) is 0 Å². The molecule has 21 heavy (non-hydrogen) atoms. The molecule has 0 bridgehead atoms. The van der Waals surface area contributed by atoms with Crippen molar-refractivity contribution in [2.45, 2.75) is 26.3 Å². The van der Waals surface area contributed by atoms with Crippen LogP contribution in [0.15, 0.2) is 24.3 Å². The van der Waals surface area contributed by atoms with E-state index in [1.165, 1.54) is 23.5 Å². The number of rotatable bonds is 4. The molecule has 7 heteroatoms. The molecule has 3 N–H and O–H groups in total. The number of hydrogen-bond acceptors (Lipinski definition) is 4. The summed E-state index contributed by atoms with van der Waals surface area (Å²) in [6, 6.07) is 5.79. The Morgan fingerprint density at radius 2 is 2.05 bits per heavy atom. The molecule has 0 aliphatic carbocycles. The summed E-state index contributed by atoms with van der Waals surface area (Å²) in [5, 5.41) is 3.22. The highest BCUT2D eigenvalue weighted by Gasteiger charge is 2.13. The third-order valence-corrected chi connectivity index (χ3v) is 3.89. The first kappa shape index (κ1) is 17.6. The van der Waals surface area contributed by atoms with Gasteiger partial charge in [0.15, 0.2) is 5.13 Å². The molecule has 1 atom stereocenters. The Labute approximate surface area is 133 Å². The van der Waals surface area contributed by atoms with Crippen molar-refractivity contribution in [2.75, 3.05) is 5.32 Å². The van der Waals surface area contributed by atoms with Crippen LogP contribution in [-0.2, 0) is 11.2 Å². The third-order valence-electron chi connectivity index (χ3n) is 2.81. The van der Waals surface area contributed by atoms with Crippen LogP contribution >= 0.6 is 23.7 Å². The van der Waals surface area contributed by atoms with Gasteiger partial charge in [-0.3, -0.25) is 4.79 Å². The van der Waals surface area contributed by atoms with Crippen molar-refractivity contribution >= 4 is 34.8 Å². The number of anilines is 1. The van der Waals surface area contributed by atoms with Crippen LogP contribution in [0.1, 0.15) is 23.1 Å². The summed E-state index contributed by atoms with van der Waals surface area (Å²) in [5.74, 6) is -0.508. The van der Waals surface area contributed by atoms with Gasteiger partial charge in [0.1, 0.15) is 5.82 Å². The zero-order valence-corrected chi connectivity index (χ0v) is 13.4. The smallest absolute Gasteiger partial charge is 0.242 e. The number of nitrogens with two attached hydrogens (primary N) is 1. The number of carbonyl (C=O) groups excluding carboxylic acids is 1. The predicted molar refractivity (Wildman–Crippen MR) is 85.6 cm³/mol. The minimum Gasteiger partial charge on any atom is -0.320 e. The monoisotopic (exact) mass is 329 g/mol. The molecule has 0 radical (unpaired) electrons. The maximum absolute atomic E-state index is 12.9. The molecule has 0 saturated heterocycles. The van der Waals surface area contributed by atoms with Gasteiger partial charge >= 0.3 is 0 Å². The second-order valence-electron chi connectivity index (χ2n) is 4.61. The maximum Gasteiger partial charge on any atom is 0.242 e. The van der Waals surface area contributed by atoms with Crippen molar-refractivity contribution < 1.29 is 9.18 Å². The Morgan fingerprint density at radius 1 is 1.43 bits per heavy atom. The van der Waals surface area contributed by atoms with Gasteiger partial charge in [-0.15, -0.1) is 23.7 Å². The second-order valence-corrected chi connectivity index (χ2v) is 5.69. The highest BCUT2D eigenvalue weighted by atomic mass is 35.5. The molecule has 2 aromatic rings. The summed E-state index contributed by atoms with van der Waals surface area (Å²) in [6.45, 7) is 3.51. The first-order chi connectivity index (χ1) is 9.45. The number of benzene rings is 1. The van der Waals surface area contributed by atoms with Crippen LogP contribution < -0.4 is 11.1 Å². The molecule has 1 amide bonds. The number of aryl methyl sites for hydroxylation is 1. The van der Waals surface area contributed by atoms with E-state index in [2.05, 4.69) is 10.3 Å². The summed E-state index contributed by atoms with van der Waals surface area (Å²) in [5.41, 5.74) is 7.36. The number of amides is 1. The summed E-state index contributed by atoms with van der Waals surface area (Å²) in [7, 11) is 0. The van der Waals surface area contributed by atoms with Crippen LogP contribution in [0.3, 0.4) is 0 Å². The van der Waals surface area contributed by atoms with Gasteiger partial charge < -0.3 is 11.1 Å². The zero-order chi connectivity index (χ0) is 14.7. The van der Waals surface area contributed by atoms with E-state index in [1.54, 1.807) is 19.1 Å². The van der Waals surface area contributed by atoms with E-state index in [0.717, 1.165) is 16.1 Å². The average Bonchev–Trinajstić information content (AvgIpc) is 2.72. The number of nitrogens with zero attached hydrogens (tertiary/aromatic N) is 1. The van der Waals surface area contributed by atoms with Gasteiger partial charge in [-0.05, 0) is 31.5 Å².